The lowest BCUT2D eigenvalue weighted by Crippen LogP contribution is -2.20. The molecular formula is C26H28ClIN2O3. The van der Waals surface area contributed by atoms with Gasteiger partial charge >= 0.3 is 0 Å². The zero-order valence-electron chi connectivity index (χ0n) is 19.2. The van der Waals surface area contributed by atoms with E-state index < -0.39 is 0 Å². The van der Waals surface area contributed by atoms with Gasteiger partial charge in [-0.1, -0.05) is 29.8 Å². The maximum Gasteiger partial charge on any atom is 0.262 e. The molecule has 3 aromatic carbocycles. The van der Waals surface area contributed by atoms with Crippen LogP contribution in [0.15, 0.2) is 48.5 Å². The maximum atomic E-state index is 12.4. The van der Waals surface area contributed by atoms with Gasteiger partial charge in [-0.2, -0.15) is 0 Å². The second kappa shape index (κ2) is 11.6. The van der Waals surface area contributed by atoms with Crippen molar-refractivity contribution in [2.45, 2.75) is 34.2 Å². The van der Waals surface area contributed by atoms with E-state index in [0.717, 1.165) is 20.4 Å². The lowest BCUT2D eigenvalue weighted by Gasteiger charge is -2.17. The molecule has 1 amide bonds. The summed E-state index contributed by atoms with van der Waals surface area (Å²) in [5.74, 6) is 0.909. The average molecular weight is 579 g/mol. The van der Waals surface area contributed by atoms with Crippen LogP contribution < -0.4 is 20.1 Å². The fraction of sp³-hybridized carbons (Fsp3) is 0.269. The van der Waals surface area contributed by atoms with Crippen molar-refractivity contribution in [2.24, 2.45) is 0 Å². The van der Waals surface area contributed by atoms with E-state index in [1.807, 2.05) is 44.2 Å². The van der Waals surface area contributed by atoms with Crippen LogP contribution in [-0.2, 0) is 11.3 Å². The van der Waals surface area contributed by atoms with Gasteiger partial charge in [0.15, 0.2) is 18.1 Å². The van der Waals surface area contributed by atoms with Gasteiger partial charge in [-0.25, -0.2) is 0 Å². The van der Waals surface area contributed by atoms with Crippen LogP contribution in [0.25, 0.3) is 0 Å². The highest BCUT2D eigenvalue weighted by molar-refractivity contribution is 14.1. The summed E-state index contributed by atoms with van der Waals surface area (Å²) in [6, 6.07) is 15.6. The van der Waals surface area contributed by atoms with Crippen LogP contribution in [0.1, 0.15) is 29.2 Å². The summed E-state index contributed by atoms with van der Waals surface area (Å²) in [6.07, 6.45) is 0. The molecule has 0 unspecified atom stereocenters. The maximum absolute atomic E-state index is 12.4. The van der Waals surface area contributed by atoms with E-state index in [1.165, 1.54) is 11.1 Å². The van der Waals surface area contributed by atoms with E-state index >= 15 is 0 Å². The topological polar surface area (TPSA) is 59.6 Å². The van der Waals surface area contributed by atoms with E-state index in [-0.39, 0.29) is 12.5 Å². The summed E-state index contributed by atoms with van der Waals surface area (Å²) in [4.78, 5) is 12.4. The molecule has 0 spiro atoms. The van der Waals surface area contributed by atoms with Gasteiger partial charge < -0.3 is 20.1 Å². The largest absolute Gasteiger partial charge is 0.490 e. The number of anilines is 2. The third kappa shape index (κ3) is 6.77. The zero-order chi connectivity index (χ0) is 24.0. The first-order valence-corrected chi connectivity index (χ1v) is 12.2. The van der Waals surface area contributed by atoms with E-state index in [9.17, 15) is 4.79 Å². The number of carbonyl (C=O) groups excluding carboxylic acids is 1. The molecule has 0 aliphatic heterocycles. The van der Waals surface area contributed by atoms with E-state index in [0.29, 0.717) is 35.4 Å². The lowest BCUT2D eigenvalue weighted by atomic mass is 10.1. The molecule has 3 aromatic rings. The molecule has 0 saturated carbocycles. The number of ether oxygens (including phenoxy) is 2. The molecule has 0 saturated heterocycles. The summed E-state index contributed by atoms with van der Waals surface area (Å²) < 4.78 is 12.6. The standard InChI is InChI=1S/C26H28ClIN2O3/c1-5-32-24-12-19(14-29-23-8-6-7-16(2)18(23)4)11-22(28)26(24)33-15-25(31)30-20-10-9-17(3)21(27)13-20/h6-13,29H,5,14-15H2,1-4H3,(H,30,31). The van der Waals surface area contributed by atoms with Crippen molar-refractivity contribution in [1.82, 2.24) is 0 Å². The molecule has 0 atom stereocenters. The molecule has 0 fully saturated rings. The van der Waals surface area contributed by atoms with E-state index in [1.54, 1.807) is 6.07 Å². The van der Waals surface area contributed by atoms with Gasteiger partial charge in [-0.15, -0.1) is 0 Å². The number of benzene rings is 3. The lowest BCUT2D eigenvalue weighted by molar-refractivity contribution is -0.118. The van der Waals surface area contributed by atoms with Crippen LogP contribution in [0, 0.1) is 24.3 Å². The predicted octanol–water partition coefficient (Wildman–Crippen LogP) is 6.90. The molecule has 0 aliphatic carbocycles. The van der Waals surface area contributed by atoms with Crippen LogP contribution in [0.3, 0.4) is 0 Å². The Morgan fingerprint density at radius 3 is 2.55 bits per heavy atom. The minimum Gasteiger partial charge on any atom is -0.490 e. The Balaban J connectivity index is 1.69. The molecule has 0 bridgehead atoms. The van der Waals surface area contributed by atoms with Gasteiger partial charge in [0.05, 0.1) is 10.2 Å². The molecule has 7 heteroatoms. The van der Waals surface area contributed by atoms with Crippen LogP contribution in [0.2, 0.25) is 5.02 Å². The first kappa shape index (κ1) is 25.2. The minimum atomic E-state index is -0.270. The minimum absolute atomic E-state index is 0.137. The summed E-state index contributed by atoms with van der Waals surface area (Å²) in [5.41, 5.74) is 6.24. The number of hydrogen-bond donors (Lipinski definition) is 2. The van der Waals surface area contributed by atoms with Crippen molar-refractivity contribution < 1.29 is 14.3 Å². The fourth-order valence-corrected chi connectivity index (χ4v) is 4.27. The SMILES string of the molecule is CCOc1cc(CNc2cccc(C)c2C)cc(I)c1OCC(=O)Nc1ccc(C)c(Cl)c1. The van der Waals surface area contributed by atoms with Crippen LogP contribution in [0.5, 0.6) is 11.5 Å². The molecule has 174 valence electrons. The highest BCUT2D eigenvalue weighted by Crippen LogP contribution is 2.35. The third-order valence-corrected chi connectivity index (χ3v) is 6.47. The summed E-state index contributed by atoms with van der Waals surface area (Å²) in [6.45, 7) is 9.05. The normalized spacial score (nSPS) is 10.6. The van der Waals surface area contributed by atoms with Gasteiger partial charge in [0.2, 0.25) is 0 Å². The monoisotopic (exact) mass is 578 g/mol. The molecule has 0 aliphatic rings. The molecule has 33 heavy (non-hydrogen) atoms. The number of carbonyl (C=O) groups is 1. The van der Waals surface area contributed by atoms with Crippen molar-refractivity contribution >= 4 is 51.5 Å². The molecule has 0 heterocycles. The van der Waals surface area contributed by atoms with Crippen molar-refractivity contribution in [2.75, 3.05) is 23.8 Å². The number of amides is 1. The first-order valence-electron chi connectivity index (χ1n) is 10.7. The molecule has 2 N–H and O–H groups in total. The van der Waals surface area contributed by atoms with Crippen molar-refractivity contribution in [3.05, 3.63) is 79.4 Å². The number of hydrogen-bond acceptors (Lipinski definition) is 4. The Labute approximate surface area is 214 Å². The second-order valence-electron chi connectivity index (χ2n) is 7.74. The Bertz CT molecular complexity index is 1150. The van der Waals surface area contributed by atoms with Crippen LogP contribution >= 0.6 is 34.2 Å². The van der Waals surface area contributed by atoms with Crippen LogP contribution in [-0.4, -0.2) is 19.1 Å². The quantitative estimate of drug-likeness (QED) is 0.271. The van der Waals surface area contributed by atoms with Gasteiger partial charge in [0, 0.05) is 22.9 Å². The predicted molar refractivity (Wildman–Crippen MR) is 144 cm³/mol. The van der Waals surface area contributed by atoms with Gasteiger partial charge in [-0.3, -0.25) is 4.79 Å². The summed E-state index contributed by atoms with van der Waals surface area (Å²) in [5, 5.41) is 6.91. The van der Waals surface area contributed by atoms with Crippen LogP contribution in [0.4, 0.5) is 11.4 Å². The number of nitrogens with one attached hydrogen (secondary N) is 2. The Morgan fingerprint density at radius 2 is 1.82 bits per heavy atom. The van der Waals surface area contributed by atoms with E-state index in [4.69, 9.17) is 21.1 Å². The van der Waals surface area contributed by atoms with Crippen molar-refractivity contribution in [3.63, 3.8) is 0 Å². The smallest absolute Gasteiger partial charge is 0.262 e. The number of rotatable bonds is 9. The van der Waals surface area contributed by atoms with Gasteiger partial charge in [0.1, 0.15) is 0 Å². The second-order valence-corrected chi connectivity index (χ2v) is 9.31. The van der Waals surface area contributed by atoms with Crippen molar-refractivity contribution in [3.8, 4) is 11.5 Å². The fourth-order valence-electron chi connectivity index (χ4n) is 3.27. The third-order valence-electron chi connectivity index (χ3n) is 5.26. The molecule has 5 nitrogen and oxygen atoms in total. The average Bonchev–Trinajstić information content (AvgIpc) is 2.77. The number of aryl methyl sites for hydroxylation is 2. The van der Waals surface area contributed by atoms with Crippen molar-refractivity contribution in [1.29, 1.82) is 0 Å². The van der Waals surface area contributed by atoms with Gasteiger partial charge in [-0.05, 0) is 103 Å². The molecule has 3 rings (SSSR count). The van der Waals surface area contributed by atoms with Gasteiger partial charge in [0.25, 0.3) is 5.91 Å². The number of halogens is 2. The molecular weight excluding hydrogens is 551 g/mol. The Kier molecular flexibility index (Phi) is 8.86. The Morgan fingerprint density at radius 1 is 1.03 bits per heavy atom. The first-order chi connectivity index (χ1) is 15.8. The Hall–Kier alpha value is -2.45. The molecule has 0 aromatic heterocycles. The zero-order valence-corrected chi connectivity index (χ0v) is 22.1. The highest BCUT2D eigenvalue weighted by atomic mass is 127. The summed E-state index contributed by atoms with van der Waals surface area (Å²) >= 11 is 8.35. The summed E-state index contributed by atoms with van der Waals surface area (Å²) in [7, 11) is 0. The highest BCUT2D eigenvalue weighted by Gasteiger charge is 2.15. The van der Waals surface area contributed by atoms with E-state index in [2.05, 4.69) is 59.2 Å². The molecule has 0 radical (unpaired) electrons.